The highest BCUT2D eigenvalue weighted by molar-refractivity contribution is 5.28. The van der Waals surface area contributed by atoms with Gasteiger partial charge in [0, 0.05) is 13.3 Å². The van der Waals surface area contributed by atoms with E-state index in [2.05, 4.69) is 16.8 Å². The van der Waals surface area contributed by atoms with Crippen molar-refractivity contribution in [3.8, 4) is 11.8 Å². The zero-order valence-electron chi connectivity index (χ0n) is 12.7. The molecule has 1 unspecified atom stereocenters. The molecule has 8 nitrogen and oxygen atoms in total. The third-order valence-corrected chi connectivity index (χ3v) is 3.64. The summed E-state index contributed by atoms with van der Waals surface area (Å²) in [6.07, 6.45) is -1.82. The SMILES string of the molecule is CC#CC1(N)[C@@H](OC)[C@@H]([C@H](C)O)O[C@H]1n1ccc(N)nc1=O. The number of rotatable bonds is 3. The Morgan fingerprint density at radius 2 is 2.32 bits per heavy atom. The van der Waals surface area contributed by atoms with Gasteiger partial charge in [0.25, 0.3) is 0 Å². The van der Waals surface area contributed by atoms with Gasteiger partial charge in [0.15, 0.2) is 11.8 Å². The van der Waals surface area contributed by atoms with Crippen LogP contribution in [0.15, 0.2) is 17.1 Å². The van der Waals surface area contributed by atoms with Gasteiger partial charge in [-0.2, -0.15) is 4.98 Å². The van der Waals surface area contributed by atoms with E-state index in [9.17, 15) is 9.90 Å². The summed E-state index contributed by atoms with van der Waals surface area (Å²) >= 11 is 0. The van der Waals surface area contributed by atoms with E-state index in [-0.39, 0.29) is 5.82 Å². The van der Waals surface area contributed by atoms with Gasteiger partial charge in [-0.25, -0.2) is 4.79 Å². The molecule has 5 N–H and O–H groups in total. The molecule has 0 spiro atoms. The molecule has 1 saturated heterocycles. The molecule has 1 aliphatic rings. The fraction of sp³-hybridized carbons (Fsp3) is 0.571. The van der Waals surface area contributed by atoms with Crippen LogP contribution in [-0.4, -0.2) is 45.6 Å². The number of nitrogens with zero attached hydrogens (tertiary/aromatic N) is 2. The number of nitrogen functional groups attached to an aromatic ring is 1. The average molecular weight is 308 g/mol. The van der Waals surface area contributed by atoms with Gasteiger partial charge in [0.05, 0.1) is 6.10 Å². The van der Waals surface area contributed by atoms with Crippen molar-refractivity contribution in [1.82, 2.24) is 9.55 Å². The number of aromatic nitrogens is 2. The molecule has 1 aromatic rings. The minimum Gasteiger partial charge on any atom is -0.391 e. The number of anilines is 1. The maximum absolute atomic E-state index is 12.1. The van der Waals surface area contributed by atoms with Crippen molar-refractivity contribution in [3.63, 3.8) is 0 Å². The molecule has 120 valence electrons. The standard InChI is InChI=1S/C14H20N4O4/c1-4-6-14(16)11(21-3)10(8(2)19)22-12(14)18-7-5-9(15)17-13(18)20/h5,7-8,10-12,19H,16H2,1-3H3,(H2,15,17,20)/t8-,10+,11-,12+,14?/m0/s1. The van der Waals surface area contributed by atoms with Crippen LogP contribution < -0.4 is 17.2 Å². The van der Waals surface area contributed by atoms with Crippen LogP contribution in [0.1, 0.15) is 20.1 Å². The van der Waals surface area contributed by atoms with Gasteiger partial charge in [0.1, 0.15) is 18.0 Å². The van der Waals surface area contributed by atoms with E-state index in [0.717, 1.165) is 0 Å². The molecule has 1 aliphatic heterocycles. The van der Waals surface area contributed by atoms with Crippen LogP contribution in [0.5, 0.6) is 0 Å². The third-order valence-electron chi connectivity index (χ3n) is 3.64. The Labute approximate surface area is 128 Å². The van der Waals surface area contributed by atoms with Crippen LogP contribution in [0.2, 0.25) is 0 Å². The first-order valence-corrected chi connectivity index (χ1v) is 6.79. The lowest BCUT2D eigenvalue weighted by molar-refractivity contribution is -0.0838. The molecule has 0 aromatic carbocycles. The first-order valence-electron chi connectivity index (χ1n) is 6.79. The lowest BCUT2D eigenvalue weighted by Crippen LogP contribution is -2.56. The van der Waals surface area contributed by atoms with E-state index in [1.54, 1.807) is 13.8 Å². The van der Waals surface area contributed by atoms with Gasteiger partial charge in [-0.1, -0.05) is 5.92 Å². The lowest BCUT2D eigenvalue weighted by Gasteiger charge is -2.30. The largest absolute Gasteiger partial charge is 0.391 e. The van der Waals surface area contributed by atoms with E-state index in [0.29, 0.717) is 0 Å². The number of aliphatic hydroxyl groups excluding tert-OH is 1. The van der Waals surface area contributed by atoms with Crippen LogP contribution in [0, 0.1) is 11.8 Å². The minimum atomic E-state index is -1.31. The average Bonchev–Trinajstić information content (AvgIpc) is 2.72. The predicted octanol–water partition coefficient (Wildman–Crippen LogP) is -1.16. The number of hydrogen-bond acceptors (Lipinski definition) is 7. The summed E-state index contributed by atoms with van der Waals surface area (Å²) in [5.74, 6) is 5.67. The molecule has 8 heteroatoms. The van der Waals surface area contributed by atoms with Crippen molar-refractivity contribution >= 4 is 5.82 Å². The van der Waals surface area contributed by atoms with Crippen LogP contribution in [-0.2, 0) is 9.47 Å². The van der Waals surface area contributed by atoms with Crippen molar-refractivity contribution in [2.75, 3.05) is 12.8 Å². The molecule has 2 rings (SSSR count). The molecule has 0 saturated carbocycles. The fourth-order valence-corrected chi connectivity index (χ4v) is 2.69. The normalized spacial score (nSPS) is 32.3. The highest BCUT2D eigenvalue weighted by atomic mass is 16.6. The van der Waals surface area contributed by atoms with Crippen molar-refractivity contribution in [2.24, 2.45) is 5.73 Å². The topological polar surface area (TPSA) is 126 Å². The van der Waals surface area contributed by atoms with Gasteiger partial charge in [-0.05, 0) is 19.9 Å². The predicted molar refractivity (Wildman–Crippen MR) is 79.7 cm³/mol. The number of methoxy groups -OCH3 is 1. The molecular weight excluding hydrogens is 288 g/mol. The fourth-order valence-electron chi connectivity index (χ4n) is 2.69. The molecule has 5 atom stereocenters. The molecule has 0 aliphatic carbocycles. The Morgan fingerprint density at radius 1 is 1.64 bits per heavy atom. The Bertz CT molecular complexity index is 663. The minimum absolute atomic E-state index is 0.0961. The Kier molecular flexibility index (Phi) is 4.53. The van der Waals surface area contributed by atoms with E-state index < -0.39 is 35.8 Å². The third kappa shape index (κ3) is 2.60. The van der Waals surface area contributed by atoms with Crippen LogP contribution in [0.3, 0.4) is 0 Å². The number of aliphatic hydroxyl groups is 1. The molecule has 0 amide bonds. The first kappa shape index (κ1) is 16.5. The van der Waals surface area contributed by atoms with Gasteiger partial charge in [0.2, 0.25) is 0 Å². The van der Waals surface area contributed by atoms with Gasteiger partial charge >= 0.3 is 5.69 Å². The van der Waals surface area contributed by atoms with E-state index in [1.807, 2.05) is 0 Å². The summed E-state index contributed by atoms with van der Waals surface area (Å²) < 4.78 is 12.4. The second-order valence-electron chi connectivity index (χ2n) is 5.20. The number of nitrogens with two attached hydrogens (primary N) is 2. The monoisotopic (exact) mass is 308 g/mol. The highest BCUT2D eigenvalue weighted by Gasteiger charge is 2.56. The Balaban J connectivity index is 2.57. The van der Waals surface area contributed by atoms with Gasteiger partial charge in [-0.3, -0.25) is 4.57 Å². The van der Waals surface area contributed by atoms with Crippen LogP contribution >= 0.6 is 0 Å². The smallest absolute Gasteiger partial charge is 0.351 e. The van der Waals surface area contributed by atoms with Gasteiger partial charge in [-0.15, -0.1) is 5.92 Å². The van der Waals surface area contributed by atoms with Crippen LogP contribution in [0.4, 0.5) is 5.82 Å². The Morgan fingerprint density at radius 3 is 2.82 bits per heavy atom. The second kappa shape index (κ2) is 6.06. The summed E-state index contributed by atoms with van der Waals surface area (Å²) in [7, 11) is 1.45. The second-order valence-corrected chi connectivity index (χ2v) is 5.20. The summed E-state index contributed by atoms with van der Waals surface area (Å²) in [5, 5.41) is 9.90. The summed E-state index contributed by atoms with van der Waals surface area (Å²) in [5.41, 5.74) is 9.95. The maximum Gasteiger partial charge on any atom is 0.351 e. The quantitative estimate of drug-likeness (QED) is 0.601. The Hall–Kier alpha value is -1.92. The molecule has 1 aromatic heterocycles. The molecule has 0 radical (unpaired) electrons. The summed E-state index contributed by atoms with van der Waals surface area (Å²) in [6, 6.07) is 1.46. The summed E-state index contributed by atoms with van der Waals surface area (Å²) in [4.78, 5) is 15.7. The summed E-state index contributed by atoms with van der Waals surface area (Å²) in [6.45, 7) is 3.18. The maximum atomic E-state index is 12.1. The number of hydrogen-bond donors (Lipinski definition) is 3. The zero-order chi connectivity index (χ0) is 16.5. The van der Waals surface area contributed by atoms with Crippen molar-refractivity contribution < 1.29 is 14.6 Å². The van der Waals surface area contributed by atoms with E-state index in [4.69, 9.17) is 20.9 Å². The molecule has 2 heterocycles. The molecular formula is C14H20N4O4. The highest BCUT2D eigenvalue weighted by Crippen LogP contribution is 2.38. The lowest BCUT2D eigenvalue weighted by atomic mass is 9.89. The van der Waals surface area contributed by atoms with Crippen molar-refractivity contribution in [3.05, 3.63) is 22.7 Å². The first-order chi connectivity index (χ1) is 10.3. The zero-order valence-corrected chi connectivity index (χ0v) is 12.7. The molecule has 1 fully saturated rings. The van der Waals surface area contributed by atoms with E-state index in [1.165, 1.54) is 23.9 Å². The number of ether oxygens (including phenoxy) is 2. The van der Waals surface area contributed by atoms with Crippen molar-refractivity contribution in [2.45, 2.75) is 43.9 Å². The van der Waals surface area contributed by atoms with Gasteiger partial charge < -0.3 is 26.0 Å². The van der Waals surface area contributed by atoms with Crippen molar-refractivity contribution in [1.29, 1.82) is 0 Å². The van der Waals surface area contributed by atoms with E-state index >= 15 is 0 Å². The molecule has 0 bridgehead atoms. The van der Waals surface area contributed by atoms with Crippen LogP contribution in [0.25, 0.3) is 0 Å². The molecule has 22 heavy (non-hydrogen) atoms.